The zero-order chi connectivity index (χ0) is 12.5. The summed E-state index contributed by atoms with van der Waals surface area (Å²) in [7, 11) is 2.14. The Bertz CT molecular complexity index is 577. The number of pyridine rings is 1. The zero-order valence-corrected chi connectivity index (χ0v) is 10.4. The summed E-state index contributed by atoms with van der Waals surface area (Å²) in [6, 6.07) is 4.11. The third kappa shape index (κ3) is 1.90. The minimum atomic E-state index is 0.530. The van der Waals surface area contributed by atoms with Gasteiger partial charge in [-0.2, -0.15) is 5.10 Å². The summed E-state index contributed by atoms with van der Waals surface area (Å²) < 4.78 is 1.69. The van der Waals surface area contributed by atoms with Gasteiger partial charge in [-0.1, -0.05) is 0 Å². The molecular formula is C13H16N4O. The molecule has 1 aliphatic rings. The number of likely N-dealkylation sites (tertiary alicyclic amines) is 1. The molecule has 1 saturated heterocycles. The number of aldehydes is 1. The van der Waals surface area contributed by atoms with Crippen molar-refractivity contribution in [1.82, 2.24) is 19.5 Å². The van der Waals surface area contributed by atoms with E-state index in [0.29, 0.717) is 17.3 Å². The predicted octanol–water partition coefficient (Wildman–Crippen LogP) is 1.18. The molecule has 0 amide bonds. The van der Waals surface area contributed by atoms with E-state index in [1.165, 1.54) is 12.8 Å². The second-order valence-electron chi connectivity index (χ2n) is 4.86. The van der Waals surface area contributed by atoms with Crippen molar-refractivity contribution in [2.45, 2.75) is 25.3 Å². The van der Waals surface area contributed by atoms with E-state index in [9.17, 15) is 4.79 Å². The van der Waals surface area contributed by atoms with Crippen LogP contribution in [0.1, 0.15) is 29.0 Å². The van der Waals surface area contributed by atoms with Gasteiger partial charge in [0, 0.05) is 18.7 Å². The number of hydrogen-bond acceptors (Lipinski definition) is 4. The van der Waals surface area contributed by atoms with Crippen LogP contribution in [0.5, 0.6) is 0 Å². The minimum Gasteiger partial charge on any atom is -0.303 e. The topological polar surface area (TPSA) is 50.5 Å². The highest BCUT2D eigenvalue weighted by atomic mass is 16.1. The summed E-state index contributed by atoms with van der Waals surface area (Å²) >= 11 is 0. The molecular weight excluding hydrogens is 228 g/mol. The molecule has 0 aliphatic carbocycles. The van der Waals surface area contributed by atoms with Gasteiger partial charge in [0.1, 0.15) is 0 Å². The van der Waals surface area contributed by atoms with Crippen LogP contribution in [0.3, 0.4) is 0 Å². The van der Waals surface area contributed by atoms with Crippen LogP contribution in [0, 0.1) is 0 Å². The van der Waals surface area contributed by atoms with Gasteiger partial charge in [-0.05, 0) is 38.6 Å². The van der Waals surface area contributed by atoms with Crippen molar-refractivity contribution >= 4 is 11.9 Å². The van der Waals surface area contributed by atoms with Gasteiger partial charge < -0.3 is 4.90 Å². The highest BCUT2D eigenvalue weighted by Crippen LogP contribution is 2.18. The first-order valence-corrected chi connectivity index (χ1v) is 6.27. The van der Waals surface area contributed by atoms with Gasteiger partial charge in [-0.3, -0.25) is 4.79 Å². The standard InChI is InChI=1S/C13H16N4O/c1-16-6-3-5-11(16)8-12-14-13-10(9-18)4-2-7-17(13)15-12/h2,4,7,9,11H,3,5-6,8H2,1H3. The van der Waals surface area contributed by atoms with Gasteiger partial charge in [0.25, 0.3) is 0 Å². The molecule has 0 aromatic carbocycles. The van der Waals surface area contributed by atoms with E-state index in [1.54, 1.807) is 10.6 Å². The summed E-state index contributed by atoms with van der Waals surface area (Å²) in [5.41, 5.74) is 1.25. The SMILES string of the molecule is CN1CCCC1Cc1nc2c(C=O)cccn2n1. The summed E-state index contributed by atoms with van der Waals surface area (Å²) in [6.07, 6.45) is 5.96. The lowest BCUT2D eigenvalue weighted by Crippen LogP contribution is -2.27. The quantitative estimate of drug-likeness (QED) is 0.761. The van der Waals surface area contributed by atoms with Gasteiger partial charge in [0.15, 0.2) is 17.8 Å². The summed E-state index contributed by atoms with van der Waals surface area (Å²) in [6.45, 7) is 1.15. The molecule has 0 radical (unpaired) electrons. The Morgan fingerprint density at radius 1 is 1.56 bits per heavy atom. The number of likely N-dealkylation sites (N-methyl/N-ethyl adjacent to an activating group) is 1. The Morgan fingerprint density at radius 3 is 3.17 bits per heavy atom. The number of nitrogens with zero attached hydrogens (tertiary/aromatic N) is 4. The molecule has 1 atom stereocenters. The smallest absolute Gasteiger partial charge is 0.166 e. The molecule has 1 aliphatic heterocycles. The van der Waals surface area contributed by atoms with Crippen molar-refractivity contribution in [2.24, 2.45) is 0 Å². The molecule has 0 N–H and O–H groups in total. The molecule has 2 aromatic rings. The highest BCUT2D eigenvalue weighted by molar-refractivity contribution is 5.83. The van der Waals surface area contributed by atoms with Crippen molar-refractivity contribution in [1.29, 1.82) is 0 Å². The Labute approximate surface area is 105 Å². The molecule has 3 rings (SSSR count). The molecule has 0 saturated carbocycles. The molecule has 18 heavy (non-hydrogen) atoms. The Morgan fingerprint density at radius 2 is 2.44 bits per heavy atom. The maximum atomic E-state index is 10.9. The first kappa shape index (κ1) is 11.3. The first-order chi connectivity index (χ1) is 8.78. The molecule has 5 nitrogen and oxygen atoms in total. The van der Waals surface area contributed by atoms with Gasteiger partial charge in [-0.15, -0.1) is 0 Å². The van der Waals surface area contributed by atoms with E-state index >= 15 is 0 Å². The predicted molar refractivity (Wildman–Crippen MR) is 67.7 cm³/mol. The average Bonchev–Trinajstić information content (AvgIpc) is 2.95. The maximum Gasteiger partial charge on any atom is 0.166 e. The lowest BCUT2D eigenvalue weighted by Gasteiger charge is -2.17. The first-order valence-electron chi connectivity index (χ1n) is 6.27. The number of rotatable bonds is 3. The van der Waals surface area contributed by atoms with Crippen LogP contribution in [0.25, 0.3) is 5.65 Å². The number of fused-ring (bicyclic) bond motifs is 1. The van der Waals surface area contributed by atoms with Crippen molar-refractivity contribution in [3.63, 3.8) is 0 Å². The van der Waals surface area contributed by atoms with Crippen molar-refractivity contribution in [3.8, 4) is 0 Å². The molecule has 0 spiro atoms. The number of hydrogen-bond donors (Lipinski definition) is 0. The normalized spacial score (nSPS) is 20.6. The van der Waals surface area contributed by atoms with Crippen LogP contribution >= 0.6 is 0 Å². The Balaban J connectivity index is 1.91. The van der Waals surface area contributed by atoms with E-state index in [2.05, 4.69) is 22.0 Å². The van der Waals surface area contributed by atoms with Gasteiger partial charge in [-0.25, -0.2) is 9.50 Å². The van der Waals surface area contributed by atoms with Crippen LogP contribution in [-0.2, 0) is 6.42 Å². The molecule has 5 heteroatoms. The summed E-state index contributed by atoms with van der Waals surface area (Å²) in [4.78, 5) is 17.8. The molecule has 2 aromatic heterocycles. The molecule has 94 valence electrons. The van der Waals surface area contributed by atoms with Crippen LogP contribution in [0.15, 0.2) is 18.3 Å². The van der Waals surface area contributed by atoms with Crippen molar-refractivity contribution in [3.05, 3.63) is 29.7 Å². The van der Waals surface area contributed by atoms with Crippen LogP contribution in [0.2, 0.25) is 0 Å². The van der Waals surface area contributed by atoms with E-state index in [1.807, 2.05) is 12.3 Å². The Hall–Kier alpha value is -1.75. The third-order valence-electron chi connectivity index (χ3n) is 3.65. The van der Waals surface area contributed by atoms with E-state index in [4.69, 9.17) is 0 Å². The third-order valence-corrected chi connectivity index (χ3v) is 3.65. The van der Waals surface area contributed by atoms with Crippen LogP contribution in [0.4, 0.5) is 0 Å². The Kier molecular flexibility index (Phi) is 2.83. The van der Waals surface area contributed by atoms with Crippen molar-refractivity contribution in [2.75, 3.05) is 13.6 Å². The highest BCUT2D eigenvalue weighted by Gasteiger charge is 2.22. The molecule has 0 bridgehead atoms. The fourth-order valence-electron chi connectivity index (χ4n) is 2.60. The van der Waals surface area contributed by atoms with Gasteiger partial charge in [0.2, 0.25) is 0 Å². The monoisotopic (exact) mass is 244 g/mol. The van der Waals surface area contributed by atoms with Gasteiger partial charge in [0.05, 0.1) is 5.56 Å². The number of aromatic nitrogens is 3. The fraction of sp³-hybridized carbons (Fsp3) is 0.462. The lowest BCUT2D eigenvalue weighted by molar-refractivity contribution is 0.112. The molecule has 1 unspecified atom stereocenters. The minimum absolute atomic E-state index is 0.530. The summed E-state index contributed by atoms with van der Waals surface area (Å²) in [5, 5.41) is 4.44. The number of carbonyl (C=O) groups excluding carboxylic acids is 1. The second-order valence-corrected chi connectivity index (χ2v) is 4.86. The van der Waals surface area contributed by atoms with Crippen molar-refractivity contribution < 1.29 is 4.79 Å². The van der Waals surface area contributed by atoms with E-state index in [0.717, 1.165) is 25.1 Å². The van der Waals surface area contributed by atoms with Gasteiger partial charge >= 0.3 is 0 Å². The maximum absolute atomic E-state index is 10.9. The molecule has 3 heterocycles. The van der Waals surface area contributed by atoms with Crippen LogP contribution < -0.4 is 0 Å². The van der Waals surface area contributed by atoms with E-state index in [-0.39, 0.29) is 0 Å². The zero-order valence-electron chi connectivity index (χ0n) is 10.4. The fourth-order valence-corrected chi connectivity index (χ4v) is 2.60. The lowest BCUT2D eigenvalue weighted by atomic mass is 10.1. The second kappa shape index (κ2) is 4.49. The molecule has 1 fully saturated rings. The summed E-state index contributed by atoms with van der Waals surface area (Å²) in [5.74, 6) is 0.822. The van der Waals surface area contributed by atoms with Crippen LogP contribution in [-0.4, -0.2) is 45.4 Å². The van der Waals surface area contributed by atoms with E-state index < -0.39 is 0 Å². The largest absolute Gasteiger partial charge is 0.303 e. The average molecular weight is 244 g/mol. The number of carbonyl (C=O) groups is 1.